The Morgan fingerprint density at radius 3 is 2.29 bits per heavy atom. The minimum Gasteiger partial charge on any atom is -0.0925 e. The van der Waals surface area contributed by atoms with Crippen molar-refractivity contribution < 1.29 is 0 Å². The molecule has 0 saturated carbocycles. The topological polar surface area (TPSA) is 0 Å². The van der Waals surface area contributed by atoms with Crippen LogP contribution in [0, 0.1) is 5.92 Å². The van der Waals surface area contributed by atoms with Gasteiger partial charge in [0.2, 0.25) is 0 Å². The summed E-state index contributed by atoms with van der Waals surface area (Å²) < 4.78 is 0. The van der Waals surface area contributed by atoms with Crippen LogP contribution in [-0.4, -0.2) is 5.33 Å². The minimum absolute atomic E-state index is 0.866. The smallest absolute Gasteiger partial charge is 0.00570 e. The van der Waals surface area contributed by atoms with Crippen LogP contribution in [-0.2, 0) is 0 Å². The lowest BCUT2D eigenvalue weighted by atomic mass is 10.1. The maximum atomic E-state index is 3.42. The van der Waals surface area contributed by atoms with E-state index >= 15 is 0 Å². The molecule has 0 aromatic rings. The molecule has 0 saturated heterocycles. The highest BCUT2D eigenvalue weighted by atomic mass is 79.9. The van der Waals surface area contributed by atoms with Crippen molar-refractivity contribution in [3.63, 3.8) is 0 Å². The summed E-state index contributed by atoms with van der Waals surface area (Å²) in [5, 5.41) is 1.15. The van der Waals surface area contributed by atoms with Crippen molar-refractivity contribution in [2.75, 3.05) is 5.33 Å². The van der Waals surface area contributed by atoms with E-state index in [1.165, 1.54) is 12.8 Å². The fourth-order valence-corrected chi connectivity index (χ4v) is 0.894. The third kappa shape index (κ3) is 4.33. The molecule has 0 radical (unpaired) electrons. The van der Waals surface area contributed by atoms with E-state index in [9.17, 15) is 0 Å². The van der Waals surface area contributed by atoms with Gasteiger partial charge in [0.05, 0.1) is 0 Å². The molecule has 0 aromatic heterocycles. The average molecular weight is 165 g/mol. The van der Waals surface area contributed by atoms with Crippen LogP contribution in [0.5, 0.6) is 0 Å². The molecule has 0 rings (SSSR count). The molecule has 7 heavy (non-hydrogen) atoms. The van der Waals surface area contributed by atoms with Gasteiger partial charge in [-0.1, -0.05) is 42.6 Å². The first kappa shape index (κ1) is 7.48. The van der Waals surface area contributed by atoms with Gasteiger partial charge < -0.3 is 0 Å². The molecule has 0 amide bonds. The van der Waals surface area contributed by atoms with Crippen LogP contribution in [0.1, 0.15) is 26.7 Å². The predicted octanol–water partition coefficient (Wildman–Crippen LogP) is 2.82. The molecule has 0 aliphatic carbocycles. The molecule has 0 aliphatic rings. The van der Waals surface area contributed by atoms with Crippen molar-refractivity contribution >= 4 is 15.9 Å². The van der Waals surface area contributed by atoms with Gasteiger partial charge in [-0.25, -0.2) is 0 Å². The molecule has 0 aromatic carbocycles. The quantitative estimate of drug-likeness (QED) is 0.564. The van der Waals surface area contributed by atoms with E-state index in [2.05, 4.69) is 29.8 Å². The number of rotatable bonds is 3. The van der Waals surface area contributed by atoms with Gasteiger partial charge in [0.1, 0.15) is 0 Å². The number of hydrogen-bond donors (Lipinski definition) is 0. The van der Waals surface area contributed by atoms with Crippen molar-refractivity contribution in [2.24, 2.45) is 5.92 Å². The van der Waals surface area contributed by atoms with Gasteiger partial charge in [-0.2, -0.15) is 0 Å². The van der Waals surface area contributed by atoms with Gasteiger partial charge in [0.25, 0.3) is 0 Å². The molecule has 0 aliphatic heterocycles. The minimum atomic E-state index is 0.866. The summed E-state index contributed by atoms with van der Waals surface area (Å²) in [6.45, 7) is 4.48. The Morgan fingerprint density at radius 2 is 2.14 bits per heavy atom. The molecule has 0 fully saturated rings. The lowest BCUT2D eigenvalue weighted by Gasteiger charge is -2.01. The van der Waals surface area contributed by atoms with Gasteiger partial charge in [0.15, 0.2) is 0 Å². The monoisotopic (exact) mass is 164 g/mol. The van der Waals surface area contributed by atoms with Crippen LogP contribution < -0.4 is 0 Å². The van der Waals surface area contributed by atoms with Gasteiger partial charge in [-0.15, -0.1) is 0 Å². The molecule has 0 nitrogen and oxygen atoms in total. The van der Waals surface area contributed by atoms with Crippen molar-refractivity contribution in [3.05, 3.63) is 0 Å². The molecule has 0 N–H and O–H groups in total. The van der Waals surface area contributed by atoms with Crippen molar-refractivity contribution in [1.82, 2.24) is 0 Å². The summed E-state index contributed by atoms with van der Waals surface area (Å²) in [6, 6.07) is 0. The summed E-state index contributed by atoms with van der Waals surface area (Å²) >= 11 is 3.42. The van der Waals surface area contributed by atoms with Crippen LogP contribution in [0.4, 0.5) is 0 Å². The third-order valence-corrected chi connectivity index (χ3v) is 2.15. The lowest BCUT2D eigenvalue weighted by molar-refractivity contribution is 0.588. The van der Waals surface area contributed by atoms with Crippen molar-refractivity contribution in [1.29, 1.82) is 0 Å². The van der Waals surface area contributed by atoms with Crippen LogP contribution in [0.15, 0.2) is 0 Å². The number of halogens is 1. The van der Waals surface area contributed by atoms with E-state index in [4.69, 9.17) is 0 Å². The van der Waals surface area contributed by atoms with E-state index in [-0.39, 0.29) is 0 Å². The van der Waals surface area contributed by atoms with E-state index in [1.54, 1.807) is 0 Å². The van der Waals surface area contributed by atoms with Gasteiger partial charge in [0, 0.05) is 5.33 Å². The van der Waals surface area contributed by atoms with Crippen LogP contribution in [0.25, 0.3) is 0 Å². The number of alkyl halides is 1. The Morgan fingerprint density at radius 1 is 1.57 bits per heavy atom. The molecule has 44 valence electrons. The summed E-state index contributed by atoms with van der Waals surface area (Å²) in [5.41, 5.74) is 0. The van der Waals surface area contributed by atoms with Gasteiger partial charge in [-0.3, -0.25) is 0 Å². The first-order valence-corrected chi connectivity index (χ1v) is 3.99. The normalized spacial score (nSPS) is 14.1. The van der Waals surface area contributed by atoms with Crippen molar-refractivity contribution in [2.45, 2.75) is 26.7 Å². The molecule has 0 unspecified atom stereocenters. The Balaban J connectivity index is 2.83. The zero-order valence-corrected chi connectivity index (χ0v) is 6.66. The zero-order valence-electron chi connectivity index (χ0n) is 5.08. The van der Waals surface area contributed by atoms with Crippen LogP contribution >= 0.6 is 15.9 Å². The maximum absolute atomic E-state index is 3.42. The molecular weight excluding hydrogens is 152 g/mol. The molecule has 0 heterocycles. The first-order valence-electron chi connectivity index (χ1n) is 2.87. The van der Waals surface area contributed by atoms with Gasteiger partial charge in [-0.05, 0) is 5.92 Å². The second-order valence-corrected chi connectivity index (χ2v) is 2.70. The van der Waals surface area contributed by atoms with Gasteiger partial charge >= 0.3 is 0 Å². The predicted molar refractivity (Wildman–Crippen MR) is 37.9 cm³/mol. The zero-order chi connectivity index (χ0) is 5.70. The SMILES string of the molecule is CCC[C@@H](C)CBr. The highest BCUT2D eigenvalue weighted by Crippen LogP contribution is 2.06. The number of hydrogen-bond acceptors (Lipinski definition) is 0. The van der Waals surface area contributed by atoms with E-state index < -0.39 is 0 Å². The Bertz CT molecular complexity index is 35.2. The summed E-state index contributed by atoms with van der Waals surface area (Å²) in [7, 11) is 0. The average Bonchev–Trinajstić information content (AvgIpc) is 1.68. The second-order valence-electron chi connectivity index (χ2n) is 2.05. The maximum Gasteiger partial charge on any atom is 0.00570 e. The molecule has 0 spiro atoms. The fraction of sp³-hybridized carbons (Fsp3) is 1.00. The summed E-state index contributed by atoms with van der Waals surface area (Å²) in [5.74, 6) is 0.866. The molecule has 0 bridgehead atoms. The largest absolute Gasteiger partial charge is 0.0925 e. The molecule has 1 heteroatoms. The van der Waals surface area contributed by atoms with Crippen LogP contribution in [0.2, 0.25) is 0 Å². The summed E-state index contributed by atoms with van der Waals surface area (Å²) in [4.78, 5) is 0. The highest BCUT2D eigenvalue weighted by Gasteiger charge is 1.93. The van der Waals surface area contributed by atoms with Crippen LogP contribution in [0.3, 0.4) is 0 Å². The van der Waals surface area contributed by atoms with Crippen molar-refractivity contribution in [3.8, 4) is 0 Å². The highest BCUT2D eigenvalue weighted by molar-refractivity contribution is 9.09. The standard InChI is InChI=1S/C6H13Br/c1-3-4-6(2)5-7/h6H,3-5H2,1-2H3/t6-/m1/s1. The second kappa shape index (κ2) is 4.63. The lowest BCUT2D eigenvalue weighted by Crippen LogP contribution is -1.92. The fourth-order valence-electron chi connectivity index (χ4n) is 0.570. The summed E-state index contributed by atoms with van der Waals surface area (Å²) in [6.07, 6.45) is 2.66. The Kier molecular flexibility index (Phi) is 4.95. The van der Waals surface area contributed by atoms with E-state index in [0.717, 1.165) is 11.2 Å². The first-order chi connectivity index (χ1) is 3.31. The van der Waals surface area contributed by atoms with E-state index in [0.29, 0.717) is 0 Å². The molecule has 1 atom stereocenters. The Hall–Kier alpha value is 0.480. The van der Waals surface area contributed by atoms with E-state index in [1.807, 2.05) is 0 Å². The third-order valence-electron chi connectivity index (χ3n) is 1.04. The Labute approximate surface area is 54.4 Å². The molecular formula is C6H13Br.